The second kappa shape index (κ2) is 11.2. The van der Waals surface area contributed by atoms with Crippen LogP contribution in [0.2, 0.25) is 0 Å². The Morgan fingerprint density at radius 1 is 1.07 bits per heavy atom. The van der Waals surface area contributed by atoms with E-state index in [1.807, 2.05) is 12.3 Å². The fourth-order valence-corrected chi connectivity index (χ4v) is 2.92. The molecule has 0 atom stereocenters. The van der Waals surface area contributed by atoms with E-state index in [-0.39, 0.29) is 5.56 Å². The number of aromatic nitrogens is 1. The summed E-state index contributed by atoms with van der Waals surface area (Å²) in [6, 6.07) is 14.0. The standard InChI is InChI=1S/C22H32N4O/c1-4-19-11-13-20(14-12-19)18-25(3)22(23-5-2)24-15-7-9-17-26-16-8-6-10-21(26)27/h6,8,10-14,16H,4-5,7,9,15,17-18H2,1-3H3,(H,23,24). The Hall–Kier alpha value is -2.56. The number of unbranched alkanes of at least 4 members (excludes halogenated alkanes) is 1. The summed E-state index contributed by atoms with van der Waals surface area (Å²) in [5.41, 5.74) is 2.70. The molecular weight excluding hydrogens is 336 g/mol. The molecule has 1 aromatic heterocycles. The number of aryl methyl sites for hydroxylation is 2. The number of guanidine groups is 1. The maximum absolute atomic E-state index is 11.7. The van der Waals surface area contributed by atoms with Crippen molar-refractivity contribution in [1.82, 2.24) is 14.8 Å². The number of hydrogen-bond acceptors (Lipinski definition) is 2. The third kappa shape index (κ3) is 6.93. The van der Waals surface area contributed by atoms with Crippen molar-refractivity contribution in [3.05, 3.63) is 70.1 Å². The van der Waals surface area contributed by atoms with Crippen molar-refractivity contribution in [3.8, 4) is 0 Å². The zero-order chi connectivity index (χ0) is 19.5. The summed E-state index contributed by atoms with van der Waals surface area (Å²) in [6.07, 6.45) is 4.80. The highest BCUT2D eigenvalue weighted by molar-refractivity contribution is 5.79. The lowest BCUT2D eigenvalue weighted by atomic mass is 10.1. The van der Waals surface area contributed by atoms with Gasteiger partial charge in [-0.3, -0.25) is 9.79 Å². The molecule has 0 saturated carbocycles. The maximum atomic E-state index is 11.7. The van der Waals surface area contributed by atoms with E-state index < -0.39 is 0 Å². The van der Waals surface area contributed by atoms with Crippen LogP contribution in [0.4, 0.5) is 0 Å². The summed E-state index contributed by atoms with van der Waals surface area (Å²) < 4.78 is 1.75. The summed E-state index contributed by atoms with van der Waals surface area (Å²) >= 11 is 0. The zero-order valence-corrected chi connectivity index (χ0v) is 16.8. The highest BCUT2D eigenvalue weighted by Gasteiger charge is 2.06. The Bertz CT molecular complexity index is 764. The number of nitrogens with one attached hydrogen (secondary N) is 1. The van der Waals surface area contributed by atoms with Gasteiger partial charge >= 0.3 is 0 Å². The molecule has 0 amide bonds. The van der Waals surface area contributed by atoms with Gasteiger partial charge in [0.1, 0.15) is 0 Å². The number of rotatable bonds is 9. The molecule has 27 heavy (non-hydrogen) atoms. The van der Waals surface area contributed by atoms with Crippen LogP contribution >= 0.6 is 0 Å². The molecule has 0 bridgehead atoms. The van der Waals surface area contributed by atoms with E-state index in [1.165, 1.54) is 11.1 Å². The first-order valence-electron chi connectivity index (χ1n) is 9.86. The fourth-order valence-electron chi connectivity index (χ4n) is 2.92. The van der Waals surface area contributed by atoms with Crippen LogP contribution in [-0.4, -0.2) is 35.6 Å². The monoisotopic (exact) mass is 368 g/mol. The Balaban J connectivity index is 1.84. The van der Waals surface area contributed by atoms with Crippen molar-refractivity contribution in [3.63, 3.8) is 0 Å². The third-order valence-corrected chi connectivity index (χ3v) is 4.52. The van der Waals surface area contributed by atoms with Gasteiger partial charge in [-0.15, -0.1) is 0 Å². The lowest BCUT2D eigenvalue weighted by Crippen LogP contribution is -2.38. The number of aliphatic imine (C=N–C) groups is 1. The molecule has 0 saturated heterocycles. The Labute approximate surface area is 162 Å². The van der Waals surface area contributed by atoms with Gasteiger partial charge in [0, 0.05) is 45.5 Å². The van der Waals surface area contributed by atoms with Crippen molar-refractivity contribution in [1.29, 1.82) is 0 Å². The van der Waals surface area contributed by atoms with Crippen LogP contribution in [0, 0.1) is 0 Å². The third-order valence-electron chi connectivity index (χ3n) is 4.52. The minimum atomic E-state index is 0.0585. The van der Waals surface area contributed by atoms with Crippen LogP contribution in [0.15, 0.2) is 58.4 Å². The molecule has 0 aliphatic rings. The quantitative estimate of drug-likeness (QED) is 0.420. The molecule has 0 fully saturated rings. The van der Waals surface area contributed by atoms with Crippen molar-refractivity contribution in [2.45, 2.75) is 46.2 Å². The predicted octanol–water partition coefficient (Wildman–Crippen LogP) is 3.29. The van der Waals surface area contributed by atoms with Crippen LogP contribution in [0.3, 0.4) is 0 Å². The molecule has 0 unspecified atom stereocenters. The Morgan fingerprint density at radius 3 is 2.48 bits per heavy atom. The number of benzene rings is 1. The van der Waals surface area contributed by atoms with E-state index in [0.717, 1.165) is 51.4 Å². The van der Waals surface area contributed by atoms with Gasteiger partial charge in [-0.2, -0.15) is 0 Å². The Kier molecular flexibility index (Phi) is 8.62. The van der Waals surface area contributed by atoms with E-state index >= 15 is 0 Å². The summed E-state index contributed by atoms with van der Waals surface area (Å²) in [6.45, 7) is 7.42. The van der Waals surface area contributed by atoms with Crippen LogP contribution in [0.25, 0.3) is 0 Å². The van der Waals surface area contributed by atoms with E-state index in [0.29, 0.717) is 0 Å². The molecule has 1 aromatic carbocycles. The van der Waals surface area contributed by atoms with Gasteiger partial charge in [0.05, 0.1) is 0 Å². The average molecular weight is 369 g/mol. The summed E-state index contributed by atoms with van der Waals surface area (Å²) in [7, 11) is 2.07. The fraction of sp³-hybridized carbons (Fsp3) is 0.455. The summed E-state index contributed by atoms with van der Waals surface area (Å²) in [4.78, 5) is 18.6. The predicted molar refractivity (Wildman–Crippen MR) is 113 cm³/mol. The molecule has 146 valence electrons. The molecule has 0 aliphatic heterocycles. The lowest BCUT2D eigenvalue weighted by Gasteiger charge is -2.22. The van der Waals surface area contributed by atoms with E-state index in [4.69, 9.17) is 4.99 Å². The molecule has 2 aromatic rings. The van der Waals surface area contributed by atoms with Crippen LogP contribution in [0.1, 0.15) is 37.8 Å². The van der Waals surface area contributed by atoms with Crippen molar-refractivity contribution in [2.75, 3.05) is 20.1 Å². The van der Waals surface area contributed by atoms with E-state index in [1.54, 1.807) is 16.7 Å². The Morgan fingerprint density at radius 2 is 1.81 bits per heavy atom. The van der Waals surface area contributed by atoms with Crippen LogP contribution in [-0.2, 0) is 19.5 Å². The molecule has 0 aliphatic carbocycles. The topological polar surface area (TPSA) is 49.6 Å². The minimum absolute atomic E-state index is 0.0585. The molecule has 0 radical (unpaired) electrons. The normalized spacial score (nSPS) is 11.4. The highest BCUT2D eigenvalue weighted by Crippen LogP contribution is 2.07. The van der Waals surface area contributed by atoms with Crippen LogP contribution in [0.5, 0.6) is 0 Å². The van der Waals surface area contributed by atoms with Gasteiger partial charge in [-0.05, 0) is 43.4 Å². The molecule has 1 N–H and O–H groups in total. The second-order valence-corrected chi connectivity index (χ2v) is 6.70. The molecule has 1 heterocycles. The largest absolute Gasteiger partial charge is 0.357 e. The molecule has 0 spiro atoms. The van der Waals surface area contributed by atoms with Gasteiger partial charge in [-0.25, -0.2) is 0 Å². The van der Waals surface area contributed by atoms with Crippen molar-refractivity contribution in [2.24, 2.45) is 4.99 Å². The SMILES string of the molecule is CCNC(=NCCCCn1ccccc1=O)N(C)Cc1ccc(CC)cc1. The summed E-state index contributed by atoms with van der Waals surface area (Å²) in [5, 5.41) is 3.36. The smallest absolute Gasteiger partial charge is 0.250 e. The first-order chi connectivity index (χ1) is 13.1. The molecule has 5 heteroatoms. The lowest BCUT2D eigenvalue weighted by molar-refractivity contribution is 0.475. The van der Waals surface area contributed by atoms with Gasteiger partial charge in [0.15, 0.2) is 5.96 Å². The minimum Gasteiger partial charge on any atom is -0.357 e. The first-order valence-corrected chi connectivity index (χ1v) is 9.86. The second-order valence-electron chi connectivity index (χ2n) is 6.70. The molecular formula is C22H32N4O. The van der Waals surface area contributed by atoms with E-state index in [9.17, 15) is 4.79 Å². The highest BCUT2D eigenvalue weighted by atomic mass is 16.1. The van der Waals surface area contributed by atoms with Crippen molar-refractivity contribution < 1.29 is 0 Å². The average Bonchev–Trinajstić information content (AvgIpc) is 2.68. The first kappa shape index (κ1) is 20.7. The van der Waals surface area contributed by atoms with Crippen molar-refractivity contribution >= 4 is 5.96 Å². The van der Waals surface area contributed by atoms with Gasteiger partial charge in [0.25, 0.3) is 0 Å². The summed E-state index contributed by atoms with van der Waals surface area (Å²) in [5.74, 6) is 0.925. The van der Waals surface area contributed by atoms with E-state index in [2.05, 4.69) is 55.4 Å². The maximum Gasteiger partial charge on any atom is 0.250 e. The number of nitrogens with zero attached hydrogens (tertiary/aromatic N) is 3. The molecule has 2 rings (SSSR count). The van der Waals surface area contributed by atoms with Gasteiger partial charge in [0.2, 0.25) is 5.56 Å². The zero-order valence-electron chi connectivity index (χ0n) is 16.8. The number of hydrogen-bond donors (Lipinski definition) is 1. The van der Waals surface area contributed by atoms with Crippen LogP contribution < -0.4 is 10.9 Å². The van der Waals surface area contributed by atoms with Gasteiger partial charge < -0.3 is 14.8 Å². The number of pyridine rings is 1. The molecule has 5 nitrogen and oxygen atoms in total. The van der Waals surface area contributed by atoms with Gasteiger partial charge in [-0.1, -0.05) is 37.3 Å².